The molecule has 4 rings (SSSR count). The third kappa shape index (κ3) is 2.92. The van der Waals surface area contributed by atoms with Gasteiger partial charge in [-0.3, -0.25) is 0 Å². The van der Waals surface area contributed by atoms with Gasteiger partial charge >= 0.3 is 0 Å². The Morgan fingerprint density at radius 1 is 1.08 bits per heavy atom. The average Bonchev–Trinajstić information content (AvgIpc) is 3.04. The molecule has 0 spiro atoms. The first-order chi connectivity index (χ1) is 12.1. The summed E-state index contributed by atoms with van der Waals surface area (Å²) in [4.78, 5) is 8.45. The Kier molecular flexibility index (Phi) is 3.82. The first-order valence-corrected chi connectivity index (χ1v) is 7.88. The molecule has 7 heteroatoms. The van der Waals surface area contributed by atoms with Gasteiger partial charge in [-0.25, -0.2) is 19.0 Å². The highest BCUT2D eigenvalue weighted by Crippen LogP contribution is 2.28. The molecule has 25 heavy (non-hydrogen) atoms. The molecule has 0 N–H and O–H groups in total. The highest BCUT2D eigenvalue weighted by atomic mass is 35.5. The Morgan fingerprint density at radius 2 is 1.88 bits per heavy atom. The molecule has 0 saturated heterocycles. The molecule has 0 aliphatic carbocycles. The number of halogens is 2. The smallest absolute Gasteiger partial charge is 0.233 e. The first-order valence-electron chi connectivity index (χ1n) is 7.50. The minimum Gasteiger partial charge on any atom is -0.438 e. The quantitative estimate of drug-likeness (QED) is 0.534. The molecule has 5 nitrogen and oxygen atoms in total. The Morgan fingerprint density at radius 3 is 2.64 bits per heavy atom. The lowest BCUT2D eigenvalue weighted by molar-refractivity contribution is 0.466. The fourth-order valence-corrected chi connectivity index (χ4v) is 2.60. The molecule has 0 atom stereocenters. The van der Waals surface area contributed by atoms with Crippen LogP contribution in [0.2, 0.25) is 5.02 Å². The summed E-state index contributed by atoms with van der Waals surface area (Å²) in [5.41, 5.74) is 2.36. The molecule has 0 saturated carbocycles. The molecule has 2 aromatic heterocycles. The van der Waals surface area contributed by atoms with Gasteiger partial charge in [-0.15, -0.1) is 0 Å². The lowest BCUT2D eigenvalue weighted by atomic mass is 10.2. The second kappa shape index (κ2) is 6.14. The maximum absolute atomic E-state index is 13.0. The molecule has 0 aliphatic rings. The number of benzene rings is 2. The van der Waals surface area contributed by atoms with Crippen LogP contribution < -0.4 is 4.74 Å². The van der Waals surface area contributed by atoms with Crippen LogP contribution in [-0.4, -0.2) is 19.7 Å². The van der Waals surface area contributed by atoms with Crippen LogP contribution in [0.15, 0.2) is 55.0 Å². The van der Waals surface area contributed by atoms with E-state index in [1.807, 2.05) is 25.1 Å². The zero-order valence-electron chi connectivity index (χ0n) is 13.1. The zero-order valence-corrected chi connectivity index (χ0v) is 13.9. The maximum Gasteiger partial charge on any atom is 0.233 e. The van der Waals surface area contributed by atoms with Gasteiger partial charge in [0, 0.05) is 5.02 Å². The van der Waals surface area contributed by atoms with Crippen molar-refractivity contribution in [1.29, 1.82) is 0 Å². The van der Waals surface area contributed by atoms with Crippen LogP contribution in [0.4, 0.5) is 4.39 Å². The summed E-state index contributed by atoms with van der Waals surface area (Å²) < 4.78 is 20.4. The number of hydrogen-bond acceptors (Lipinski definition) is 4. The lowest BCUT2D eigenvalue weighted by Crippen LogP contribution is -1.98. The topological polar surface area (TPSA) is 52.8 Å². The molecule has 0 fully saturated rings. The van der Waals surface area contributed by atoms with Crippen LogP contribution in [0, 0.1) is 12.7 Å². The van der Waals surface area contributed by atoms with Gasteiger partial charge in [-0.05, 0) is 48.9 Å². The minimum atomic E-state index is -0.329. The van der Waals surface area contributed by atoms with E-state index in [1.165, 1.54) is 30.6 Å². The van der Waals surface area contributed by atoms with Crippen LogP contribution in [0.5, 0.6) is 11.6 Å². The lowest BCUT2D eigenvalue weighted by Gasteiger charge is -2.07. The van der Waals surface area contributed by atoms with Gasteiger partial charge in [0.05, 0.1) is 11.9 Å². The number of fused-ring (bicyclic) bond motifs is 1. The van der Waals surface area contributed by atoms with Crippen LogP contribution in [0.1, 0.15) is 5.56 Å². The van der Waals surface area contributed by atoms with Crippen molar-refractivity contribution >= 4 is 22.6 Å². The zero-order chi connectivity index (χ0) is 17.4. The molecule has 124 valence electrons. The van der Waals surface area contributed by atoms with Crippen molar-refractivity contribution in [2.75, 3.05) is 0 Å². The SMILES string of the molecule is Cc1ccc(-n2ncc3c(Oc4ccc(F)cc4)ncnc32)cc1Cl. The van der Waals surface area contributed by atoms with E-state index in [-0.39, 0.29) is 5.82 Å². The third-order valence-corrected chi connectivity index (χ3v) is 4.16. The molecule has 0 bridgehead atoms. The van der Waals surface area contributed by atoms with Crippen molar-refractivity contribution in [3.63, 3.8) is 0 Å². The fraction of sp³-hybridized carbons (Fsp3) is 0.0556. The average molecular weight is 355 g/mol. The summed E-state index contributed by atoms with van der Waals surface area (Å²) >= 11 is 6.20. The molecule has 0 amide bonds. The summed E-state index contributed by atoms with van der Waals surface area (Å²) in [6.45, 7) is 1.93. The monoisotopic (exact) mass is 354 g/mol. The van der Waals surface area contributed by atoms with Crippen molar-refractivity contribution in [3.8, 4) is 17.3 Å². The molecule has 2 aromatic carbocycles. The highest BCUT2D eigenvalue weighted by molar-refractivity contribution is 6.31. The predicted octanol–water partition coefficient (Wildman–Crippen LogP) is 4.71. The van der Waals surface area contributed by atoms with Crippen LogP contribution >= 0.6 is 11.6 Å². The highest BCUT2D eigenvalue weighted by Gasteiger charge is 2.13. The Bertz CT molecular complexity index is 1060. The summed E-state index contributed by atoms with van der Waals surface area (Å²) in [5.74, 6) is 0.498. The van der Waals surface area contributed by atoms with E-state index in [0.29, 0.717) is 27.7 Å². The number of nitrogens with zero attached hydrogens (tertiary/aromatic N) is 4. The van der Waals surface area contributed by atoms with E-state index in [2.05, 4.69) is 15.1 Å². The number of aromatic nitrogens is 4. The number of aryl methyl sites for hydroxylation is 1. The van der Waals surface area contributed by atoms with E-state index in [0.717, 1.165) is 11.3 Å². The fourth-order valence-electron chi connectivity index (χ4n) is 2.42. The van der Waals surface area contributed by atoms with Crippen LogP contribution in [0.25, 0.3) is 16.7 Å². The number of hydrogen-bond donors (Lipinski definition) is 0. The van der Waals surface area contributed by atoms with E-state index >= 15 is 0 Å². The summed E-state index contributed by atoms with van der Waals surface area (Å²) in [7, 11) is 0. The van der Waals surface area contributed by atoms with Crippen LogP contribution in [-0.2, 0) is 0 Å². The Hall–Kier alpha value is -2.99. The second-order valence-corrected chi connectivity index (χ2v) is 5.87. The van der Waals surface area contributed by atoms with Crippen molar-refractivity contribution in [1.82, 2.24) is 19.7 Å². The molecule has 0 radical (unpaired) electrons. The van der Waals surface area contributed by atoms with Gasteiger partial charge < -0.3 is 4.74 Å². The van der Waals surface area contributed by atoms with E-state index in [4.69, 9.17) is 16.3 Å². The van der Waals surface area contributed by atoms with Gasteiger partial charge in [0.15, 0.2) is 5.65 Å². The Balaban J connectivity index is 1.77. The van der Waals surface area contributed by atoms with Crippen molar-refractivity contribution < 1.29 is 9.13 Å². The van der Waals surface area contributed by atoms with Crippen molar-refractivity contribution in [3.05, 3.63) is 71.4 Å². The van der Waals surface area contributed by atoms with Gasteiger partial charge in [-0.2, -0.15) is 5.10 Å². The van der Waals surface area contributed by atoms with Crippen molar-refractivity contribution in [2.45, 2.75) is 6.92 Å². The Labute approximate surface area is 147 Å². The van der Waals surface area contributed by atoms with E-state index in [1.54, 1.807) is 10.9 Å². The van der Waals surface area contributed by atoms with E-state index < -0.39 is 0 Å². The number of rotatable bonds is 3. The maximum atomic E-state index is 13.0. The molecule has 2 heterocycles. The summed E-state index contributed by atoms with van der Waals surface area (Å²) in [6.07, 6.45) is 3.02. The molecule has 4 aromatic rings. The van der Waals surface area contributed by atoms with E-state index in [9.17, 15) is 4.39 Å². The van der Waals surface area contributed by atoms with Crippen molar-refractivity contribution in [2.24, 2.45) is 0 Å². The van der Waals surface area contributed by atoms with Gasteiger partial charge in [0.2, 0.25) is 5.88 Å². The normalized spacial score (nSPS) is 11.0. The second-order valence-electron chi connectivity index (χ2n) is 5.46. The largest absolute Gasteiger partial charge is 0.438 e. The van der Waals surface area contributed by atoms with Gasteiger partial charge in [-0.1, -0.05) is 17.7 Å². The first kappa shape index (κ1) is 15.5. The predicted molar refractivity (Wildman–Crippen MR) is 92.9 cm³/mol. The third-order valence-electron chi connectivity index (χ3n) is 3.76. The standard InChI is InChI=1S/C18H12ClFN4O/c1-11-2-5-13(8-16(11)19)24-17-15(9-23-24)18(22-10-21-17)25-14-6-3-12(20)4-7-14/h2-10H,1H3. The summed E-state index contributed by atoms with van der Waals surface area (Å²) in [6, 6.07) is 11.4. The molecular weight excluding hydrogens is 343 g/mol. The van der Waals surface area contributed by atoms with Crippen LogP contribution in [0.3, 0.4) is 0 Å². The van der Waals surface area contributed by atoms with Gasteiger partial charge in [0.25, 0.3) is 0 Å². The van der Waals surface area contributed by atoms with Gasteiger partial charge in [0.1, 0.15) is 23.3 Å². The molecule has 0 unspecified atom stereocenters. The minimum absolute atomic E-state index is 0.329. The molecule has 0 aliphatic heterocycles. The molecular formula is C18H12ClFN4O. The number of ether oxygens (including phenoxy) is 1. The summed E-state index contributed by atoms with van der Waals surface area (Å²) in [5, 5.41) is 5.66.